The summed E-state index contributed by atoms with van der Waals surface area (Å²) in [5.41, 5.74) is 7.94. The lowest BCUT2D eigenvalue weighted by molar-refractivity contribution is -0.125. The minimum Gasteiger partial charge on any atom is -0.493 e. The second kappa shape index (κ2) is 12.9. The van der Waals surface area contributed by atoms with Crippen LogP contribution in [0.4, 0.5) is 0 Å². The predicted octanol–water partition coefficient (Wildman–Crippen LogP) is 2.73. The first-order valence-electron chi connectivity index (χ1n) is 13.1. The maximum absolute atomic E-state index is 13.7. The Morgan fingerprint density at radius 1 is 1.14 bits per heavy atom. The maximum Gasteiger partial charge on any atom is 0.243 e. The van der Waals surface area contributed by atoms with Gasteiger partial charge in [-0.15, -0.1) is 0 Å². The molecule has 0 fully saturated rings. The number of ether oxygens (including phenoxy) is 1. The molecule has 0 bridgehead atoms. The van der Waals surface area contributed by atoms with Crippen molar-refractivity contribution >= 4 is 15.9 Å². The first kappa shape index (κ1) is 29.1. The normalized spacial score (nSPS) is 16.6. The van der Waals surface area contributed by atoms with Crippen LogP contribution in [0.2, 0.25) is 0 Å². The molecule has 0 radical (unpaired) electrons. The van der Waals surface area contributed by atoms with Crippen LogP contribution in [0.25, 0.3) is 0 Å². The summed E-state index contributed by atoms with van der Waals surface area (Å²) in [6.45, 7) is 8.33. The number of aliphatic hydroxyl groups excluding tert-OH is 1. The van der Waals surface area contributed by atoms with Crippen LogP contribution < -0.4 is 15.8 Å². The van der Waals surface area contributed by atoms with Crippen LogP contribution in [-0.2, 0) is 27.7 Å². The number of aliphatic hydroxyl groups is 1. The molecule has 1 aliphatic rings. The predicted molar refractivity (Wildman–Crippen MR) is 145 cm³/mol. The van der Waals surface area contributed by atoms with Crippen molar-refractivity contribution in [2.24, 2.45) is 17.6 Å². The third kappa shape index (κ3) is 7.54. The van der Waals surface area contributed by atoms with Gasteiger partial charge in [0.2, 0.25) is 15.9 Å². The van der Waals surface area contributed by atoms with E-state index in [1.165, 1.54) is 4.31 Å². The highest BCUT2D eigenvalue weighted by molar-refractivity contribution is 7.89. The van der Waals surface area contributed by atoms with Crippen molar-refractivity contribution in [2.75, 3.05) is 19.7 Å². The van der Waals surface area contributed by atoms with Crippen molar-refractivity contribution in [1.29, 1.82) is 0 Å². The molecule has 0 saturated carbocycles. The maximum atomic E-state index is 13.7. The number of nitrogens with zero attached hydrogens (tertiary/aromatic N) is 1. The van der Waals surface area contributed by atoms with E-state index in [-0.39, 0.29) is 35.7 Å². The Bertz CT molecular complexity index is 1140. The summed E-state index contributed by atoms with van der Waals surface area (Å²) in [5, 5.41) is 14.3. The van der Waals surface area contributed by atoms with Gasteiger partial charge in [-0.1, -0.05) is 64.4 Å². The summed E-state index contributed by atoms with van der Waals surface area (Å²) >= 11 is 0. The summed E-state index contributed by atoms with van der Waals surface area (Å²) in [4.78, 5) is 13.1. The fraction of sp³-hybridized carbons (Fsp3) is 0.536. The fourth-order valence-corrected chi connectivity index (χ4v) is 6.10. The van der Waals surface area contributed by atoms with Crippen molar-refractivity contribution in [1.82, 2.24) is 9.62 Å². The number of carbonyl (C=O) groups is 1. The van der Waals surface area contributed by atoms with Gasteiger partial charge in [0.25, 0.3) is 0 Å². The molecular weight excluding hydrogens is 490 g/mol. The lowest BCUT2D eigenvalue weighted by Crippen LogP contribution is -2.55. The van der Waals surface area contributed by atoms with E-state index in [0.717, 1.165) is 17.5 Å². The van der Waals surface area contributed by atoms with Crippen LogP contribution in [0.3, 0.4) is 0 Å². The van der Waals surface area contributed by atoms with E-state index in [2.05, 4.69) is 5.32 Å². The first-order chi connectivity index (χ1) is 17.5. The van der Waals surface area contributed by atoms with Crippen LogP contribution in [-0.4, -0.2) is 61.6 Å². The van der Waals surface area contributed by atoms with Crippen LogP contribution in [0.5, 0.6) is 5.75 Å². The Labute approximate surface area is 221 Å². The number of sulfonamides is 1. The standard InChI is InChI=1S/C28H41N3O5S/c1-5-20(4)27(29)28(33)30-24(15-21-9-7-6-8-10-21)25(32)18-31(17-19(2)3)37(34,35)23-11-12-26-22(16-23)13-14-36-26/h6-12,16,19-20,24-25,27,32H,5,13-15,17-18,29H2,1-4H3,(H,30,33)/t20-,24?,25+,27-/m0/s1. The third-order valence-electron chi connectivity index (χ3n) is 6.91. The molecule has 37 heavy (non-hydrogen) atoms. The van der Waals surface area contributed by atoms with E-state index in [4.69, 9.17) is 10.5 Å². The molecule has 0 spiro atoms. The molecule has 0 aromatic heterocycles. The molecule has 1 unspecified atom stereocenters. The van der Waals surface area contributed by atoms with Gasteiger partial charge in [0.15, 0.2) is 0 Å². The molecule has 0 aliphatic carbocycles. The van der Waals surface area contributed by atoms with Crippen LogP contribution >= 0.6 is 0 Å². The minimum atomic E-state index is -3.90. The number of carbonyl (C=O) groups excluding carboxylic acids is 1. The smallest absolute Gasteiger partial charge is 0.243 e. The molecule has 204 valence electrons. The number of benzene rings is 2. The number of hydrogen-bond acceptors (Lipinski definition) is 6. The highest BCUT2D eigenvalue weighted by Gasteiger charge is 2.33. The molecule has 3 rings (SSSR count). The van der Waals surface area contributed by atoms with E-state index in [1.54, 1.807) is 18.2 Å². The quantitative estimate of drug-likeness (QED) is 0.365. The molecule has 1 aliphatic heterocycles. The molecular formula is C28H41N3O5S. The lowest BCUT2D eigenvalue weighted by atomic mass is 9.97. The van der Waals surface area contributed by atoms with Gasteiger partial charge < -0.3 is 20.9 Å². The van der Waals surface area contributed by atoms with Crippen molar-refractivity contribution in [2.45, 2.75) is 70.0 Å². The number of hydrogen-bond donors (Lipinski definition) is 3. The Morgan fingerprint density at radius 2 is 1.84 bits per heavy atom. The topological polar surface area (TPSA) is 122 Å². The third-order valence-corrected chi connectivity index (χ3v) is 8.74. The van der Waals surface area contributed by atoms with Gasteiger partial charge in [-0.2, -0.15) is 4.31 Å². The molecule has 0 saturated heterocycles. The average Bonchev–Trinajstić information content (AvgIpc) is 3.35. The molecule has 4 N–H and O–H groups in total. The lowest BCUT2D eigenvalue weighted by Gasteiger charge is -2.31. The average molecular weight is 532 g/mol. The summed E-state index contributed by atoms with van der Waals surface area (Å²) in [5.74, 6) is 0.348. The zero-order valence-electron chi connectivity index (χ0n) is 22.3. The van der Waals surface area contributed by atoms with E-state index < -0.39 is 28.2 Å². The van der Waals surface area contributed by atoms with E-state index >= 15 is 0 Å². The van der Waals surface area contributed by atoms with Gasteiger partial charge in [-0.3, -0.25) is 4.79 Å². The summed E-state index contributed by atoms with van der Waals surface area (Å²) in [6, 6.07) is 12.9. The van der Waals surface area contributed by atoms with Gasteiger partial charge in [0, 0.05) is 19.5 Å². The van der Waals surface area contributed by atoms with Crippen molar-refractivity contribution in [3.63, 3.8) is 0 Å². The number of amides is 1. The Hall–Kier alpha value is -2.46. The second-order valence-corrected chi connectivity index (χ2v) is 12.3. The van der Waals surface area contributed by atoms with Gasteiger partial charge in [0.1, 0.15) is 5.75 Å². The largest absolute Gasteiger partial charge is 0.493 e. The molecule has 4 atom stereocenters. The van der Waals surface area contributed by atoms with Gasteiger partial charge in [-0.05, 0) is 47.6 Å². The van der Waals surface area contributed by atoms with E-state index in [9.17, 15) is 18.3 Å². The Morgan fingerprint density at radius 3 is 2.49 bits per heavy atom. The highest BCUT2D eigenvalue weighted by Crippen LogP contribution is 2.29. The molecule has 2 aromatic rings. The van der Waals surface area contributed by atoms with Crippen LogP contribution in [0, 0.1) is 11.8 Å². The van der Waals surface area contributed by atoms with Gasteiger partial charge in [0.05, 0.1) is 29.7 Å². The number of rotatable bonds is 13. The molecule has 1 amide bonds. The SMILES string of the molecule is CC[C@H](C)[C@H](N)C(=O)NC(Cc1ccccc1)[C@H](O)CN(CC(C)C)S(=O)(=O)c1ccc2c(c1)CCO2. The minimum absolute atomic E-state index is 0.0285. The molecule has 9 heteroatoms. The van der Waals surface area contributed by atoms with Gasteiger partial charge >= 0.3 is 0 Å². The van der Waals surface area contributed by atoms with Crippen molar-refractivity contribution in [3.8, 4) is 5.75 Å². The molecule has 8 nitrogen and oxygen atoms in total. The van der Waals surface area contributed by atoms with E-state index in [1.807, 2.05) is 58.0 Å². The second-order valence-electron chi connectivity index (χ2n) is 10.4. The zero-order chi connectivity index (χ0) is 27.2. The molecule has 2 aromatic carbocycles. The van der Waals surface area contributed by atoms with E-state index in [0.29, 0.717) is 25.2 Å². The fourth-order valence-electron chi connectivity index (χ4n) is 4.43. The number of fused-ring (bicyclic) bond motifs is 1. The zero-order valence-corrected chi connectivity index (χ0v) is 23.1. The van der Waals surface area contributed by atoms with Crippen molar-refractivity contribution < 1.29 is 23.1 Å². The Kier molecular flexibility index (Phi) is 10.1. The summed E-state index contributed by atoms with van der Waals surface area (Å²) < 4.78 is 34.3. The number of nitrogens with two attached hydrogens (primary N) is 1. The first-order valence-corrected chi connectivity index (χ1v) is 14.5. The highest BCUT2D eigenvalue weighted by atomic mass is 32.2. The van der Waals surface area contributed by atoms with Crippen LogP contribution in [0.1, 0.15) is 45.2 Å². The van der Waals surface area contributed by atoms with Crippen molar-refractivity contribution in [3.05, 3.63) is 59.7 Å². The Balaban J connectivity index is 1.86. The van der Waals surface area contributed by atoms with Gasteiger partial charge in [-0.25, -0.2) is 8.42 Å². The molecule has 1 heterocycles. The number of nitrogens with one attached hydrogen (secondary N) is 1. The monoisotopic (exact) mass is 531 g/mol. The van der Waals surface area contributed by atoms with Crippen LogP contribution in [0.15, 0.2) is 53.4 Å². The summed E-state index contributed by atoms with van der Waals surface area (Å²) in [7, 11) is -3.90. The summed E-state index contributed by atoms with van der Waals surface area (Å²) in [6.07, 6.45) is 0.589.